The van der Waals surface area contributed by atoms with Gasteiger partial charge in [-0.2, -0.15) is 0 Å². The van der Waals surface area contributed by atoms with Crippen LogP contribution in [-0.4, -0.2) is 73.6 Å². The number of carbonyl (C=O) groups excluding carboxylic acids is 1. The predicted octanol–water partition coefficient (Wildman–Crippen LogP) is 1.80. The maximum absolute atomic E-state index is 11.7. The molecule has 7 nitrogen and oxygen atoms in total. The molecular formula is C21H34IN5O2. The zero-order valence-electron chi connectivity index (χ0n) is 18.1. The number of carbonyl (C=O) groups is 1. The normalized spacial score (nSPS) is 25.2. The van der Waals surface area contributed by atoms with Gasteiger partial charge in [-0.3, -0.25) is 14.7 Å². The van der Waals surface area contributed by atoms with Crippen molar-refractivity contribution in [3.05, 3.63) is 29.8 Å². The number of primary amides is 1. The van der Waals surface area contributed by atoms with Crippen LogP contribution in [0, 0.1) is 0 Å². The van der Waals surface area contributed by atoms with E-state index in [1.165, 1.54) is 5.56 Å². The molecule has 162 valence electrons. The minimum Gasteiger partial charge on any atom is -0.496 e. The Labute approximate surface area is 191 Å². The molecule has 1 aromatic rings. The van der Waals surface area contributed by atoms with Crippen molar-refractivity contribution in [1.29, 1.82) is 0 Å². The summed E-state index contributed by atoms with van der Waals surface area (Å²) in [6.07, 6.45) is 1.04. The first-order valence-corrected chi connectivity index (χ1v) is 9.90. The van der Waals surface area contributed by atoms with Gasteiger partial charge in [0.05, 0.1) is 12.6 Å². The molecule has 8 heteroatoms. The predicted molar refractivity (Wildman–Crippen MR) is 127 cm³/mol. The van der Waals surface area contributed by atoms with E-state index in [9.17, 15) is 4.79 Å². The first-order valence-electron chi connectivity index (χ1n) is 9.90. The SMILES string of the molecule is CN=C(NC1CC1(C)c1ccccc1OC)N1CCN(C(C)(C)C(N)=O)CC1.I. The molecule has 1 aromatic carbocycles. The molecule has 2 unspecified atom stereocenters. The number of hydrogen-bond donors (Lipinski definition) is 2. The number of ether oxygens (including phenoxy) is 1. The number of benzene rings is 1. The van der Waals surface area contributed by atoms with Gasteiger partial charge in [0.15, 0.2) is 5.96 Å². The molecule has 0 radical (unpaired) electrons. The second-order valence-electron chi connectivity index (χ2n) is 8.46. The molecule has 1 aliphatic carbocycles. The average Bonchev–Trinajstić information content (AvgIpc) is 3.36. The van der Waals surface area contributed by atoms with Crippen LogP contribution in [0.4, 0.5) is 0 Å². The molecule has 29 heavy (non-hydrogen) atoms. The molecule has 1 amide bonds. The van der Waals surface area contributed by atoms with Gasteiger partial charge in [0.2, 0.25) is 5.91 Å². The highest BCUT2D eigenvalue weighted by molar-refractivity contribution is 14.0. The van der Waals surface area contributed by atoms with Gasteiger partial charge in [0.25, 0.3) is 0 Å². The molecule has 1 aliphatic heterocycles. The Balaban J connectivity index is 0.00000300. The van der Waals surface area contributed by atoms with Crippen molar-refractivity contribution in [2.45, 2.75) is 44.2 Å². The van der Waals surface area contributed by atoms with E-state index in [1.807, 2.05) is 33.0 Å². The third-order valence-electron chi connectivity index (χ3n) is 6.45. The fourth-order valence-electron chi connectivity index (χ4n) is 4.08. The Kier molecular flexibility index (Phi) is 7.42. The summed E-state index contributed by atoms with van der Waals surface area (Å²) >= 11 is 0. The summed E-state index contributed by atoms with van der Waals surface area (Å²) in [6.45, 7) is 9.24. The van der Waals surface area contributed by atoms with Crippen LogP contribution in [0.25, 0.3) is 0 Å². The van der Waals surface area contributed by atoms with Crippen molar-refractivity contribution in [1.82, 2.24) is 15.1 Å². The van der Waals surface area contributed by atoms with E-state index in [1.54, 1.807) is 7.11 Å². The number of piperazine rings is 1. The number of halogens is 1. The minimum absolute atomic E-state index is 0. The monoisotopic (exact) mass is 515 g/mol. The second-order valence-corrected chi connectivity index (χ2v) is 8.46. The number of para-hydroxylation sites is 1. The lowest BCUT2D eigenvalue weighted by Gasteiger charge is -2.43. The van der Waals surface area contributed by atoms with Gasteiger partial charge < -0.3 is 20.7 Å². The van der Waals surface area contributed by atoms with Crippen molar-refractivity contribution < 1.29 is 9.53 Å². The Hall–Kier alpha value is -1.55. The van der Waals surface area contributed by atoms with Crippen LogP contribution in [0.3, 0.4) is 0 Å². The number of nitrogens with two attached hydrogens (primary N) is 1. The molecule has 0 spiro atoms. The van der Waals surface area contributed by atoms with Crippen molar-refractivity contribution in [2.75, 3.05) is 40.3 Å². The highest BCUT2D eigenvalue weighted by Gasteiger charge is 2.53. The third-order valence-corrected chi connectivity index (χ3v) is 6.45. The molecule has 3 rings (SSSR count). The van der Waals surface area contributed by atoms with Gasteiger partial charge in [-0.1, -0.05) is 25.1 Å². The average molecular weight is 515 g/mol. The lowest BCUT2D eigenvalue weighted by atomic mass is 9.96. The standard InChI is InChI=1S/C21H33N5O2.HI/c1-20(2,18(22)27)26-12-10-25(11-13-26)19(23-4)24-17-14-21(17,3)15-8-6-7-9-16(15)28-5;/h6-9,17H,10-14H2,1-5H3,(H2,22,27)(H,23,24);1H. The van der Waals surface area contributed by atoms with E-state index in [4.69, 9.17) is 10.5 Å². The number of amides is 1. The van der Waals surface area contributed by atoms with Gasteiger partial charge >= 0.3 is 0 Å². The number of nitrogens with zero attached hydrogens (tertiary/aromatic N) is 3. The van der Waals surface area contributed by atoms with Crippen molar-refractivity contribution >= 4 is 35.8 Å². The molecule has 2 fully saturated rings. The van der Waals surface area contributed by atoms with Gasteiger partial charge in [-0.05, 0) is 26.3 Å². The highest BCUT2D eigenvalue weighted by atomic mass is 127. The van der Waals surface area contributed by atoms with Crippen LogP contribution in [0.15, 0.2) is 29.3 Å². The lowest BCUT2D eigenvalue weighted by molar-refractivity contribution is -0.129. The summed E-state index contributed by atoms with van der Waals surface area (Å²) in [5.74, 6) is 1.57. The lowest BCUT2D eigenvalue weighted by Crippen LogP contribution is -2.61. The molecule has 1 saturated heterocycles. The molecule has 3 N–H and O–H groups in total. The van der Waals surface area contributed by atoms with E-state index in [2.05, 4.69) is 39.2 Å². The first-order chi connectivity index (χ1) is 13.2. The smallest absolute Gasteiger partial charge is 0.237 e. The van der Waals surface area contributed by atoms with Gasteiger partial charge in [0, 0.05) is 50.2 Å². The van der Waals surface area contributed by atoms with Crippen molar-refractivity contribution in [2.24, 2.45) is 10.7 Å². The quantitative estimate of drug-likeness (QED) is 0.355. The summed E-state index contributed by atoms with van der Waals surface area (Å²) in [5, 5.41) is 3.64. The molecular weight excluding hydrogens is 481 g/mol. The zero-order chi connectivity index (χ0) is 20.5. The van der Waals surface area contributed by atoms with E-state index in [0.717, 1.165) is 44.3 Å². The zero-order valence-corrected chi connectivity index (χ0v) is 20.4. The van der Waals surface area contributed by atoms with Crippen LogP contribution in [0.2, 0.25) is 0 Å². The second kappa shape index (κ2) is 9.07. The molecule has 1 saturated carbocycles. The summed E-state index contributed by atoms with van der Waals surface area (Å²) in [7, 11) is 3.55. The number of methoxy groups -OCH3 is 1. The molecule has 0 aromatic heterocycles. The third kappa shape index (κ3) is 4.63. The first kappa shape index (κ1) is 23.7. The van der Waals surface area contributed by atoms with Crippen LogP contribution in [-0.2, 0) is 10.2 Å². The Morgan fingerprint density at radius 3 is 2.45 bits per heavy atom. The molecule has 1 heterocycles. The van der Waals surface area contributed by atoms with Gasteiger partial charge in [-0.25, -0.2) is 0 Å². The maximum Gasteiger partial charge on any atom is 0.237 e. The van der Waals surface area contributed by atoms with Crippen molar-refractivity contribution in [3.8, 4) is 5.75 Å². The Bertz CT molecular complexity index is 761. The van der Waals surface area contributed by atoms with Crippen LogP contribution >= 0.6 is 24.0 Å². The number of hydrogen-bond acceptors (Lipinski definition) is 4. The Morgan fingerprint density at radius 2 is 1.90 bits per heavy atom. The van der Waals surface area contributed by atoms with E-state index in [-0.39, 0.29) is 35.3 Å². The summed E-state index contributed by atoms with van der Waals surface area (Å²) in [4.78, 5) is 20.6. The van der Waals surface area contributed by atoms with Gasteiger partial charge in [0.1, 0.15) is 5.75 Å². The van der Waals surface area contributed by atoms with Crippen LogP contribution < -0.4 is 15.8 Å². The van der Waals surface area contributed by atoms with E-state index >= 15 is 0 Å². The molecule has 0 bridgehead atoms. The van der Waals surface area contributed by atoms with Crippen molar-refractivity contribution in [3.63, 3.8) is 0 Å². The summed E-state index contributed by atoms with van der Waals surface area (Å²) in [6, 6.07) is 8.55. The fraction of sp³-hybridized carbons (Fsp3) is 0.619. The number of aliphatic imine (C=N–C) groups is 1. The molecule has 2 aliphatic rings. The van der Waals surface area contributed by atoms with Gasteiger partial charge in [-0.15, -0.1) is 24.0 Å². The molecule has 2 atom stereocenters. The topological polar surface area (TPSA) is 83.2 Å². The largest absolute Gasteiger partial charge is 0.496 e. The van der Waals surface area contributed by atoms with Crippen LogP contribution in [0.5, 0.6) is 5.75 Å². The van der Waals surface area contributed by atoms with E-state index in [0.29, 0.717) is 6.04 Å². The number of nitrogens with one attached hydrogen (secondary N) is 1. The summed E-state index contributed by atoms with van der Waals surface area (Å²) in [5.41, 5.74) is 6.22. The minimum atomic E-state index is -0.623. The fourth-order valence-corrected chi connectivity index (χ4v) is 4.08. The number of rotatable bonds is 5. The van der Waals surface area contributed by atoms with Crippen LogP contribution in [0.1, 0.15) is 32.8 Å². The highest BCUT2D eigenvalue weighted by Crippen LogP contribution is 2.51. The summed E-state index contributed by atoms with van der Waals surface area (Å²) < 4.78 is 5.56. The van der Waals surface area contributed by atoms with E-state index < -0.39 is 5.54 Å². The number of guanidine groups is 1. The Morgan fingerprint density at radius 1 is 1.28 bits per heavy atom. The maximum atomic E-state index is 11.7.